The molecule has 1 aromatic carbocycles. The van der Waals surface area contributed by atoms with E-state index in [1.165, 1.54) is 12.1 Å². The molecule has 2 rings (SSSR count). The van der Waals surface area contributed by atoms with Gasteiger partial charge in [-0.25, -0.2) is 0 Å². The predicted octanol–water partition coefficient (Wildman–Crippen LogP) is 3.14. The molecule has 0 bridgehead atoms. The molecule has 0 radical (unpaired) electrons. The van der Waals surface area contributed by atoms with E-state index in [-0.39, 0.29) is 23.8 Å². The third kappa shape index (κ3) is 4.68. The molecule has 0 saturated carbocycles. The van der Waals surface area contributed by atoms with Crippen molar-refractivity contribution in [3.63, 3.8) is 0 Å². The topological polar surface area (TPSA) is 41.6 Å². The van der Waals surface area contributed by atoms with Crippen molar-refractivity contribution in [2.45, 2.75) is 45.2 Å². The standard InChI is InChI=1S/C16H21F3N2O2/c1-10-8-21(9-11(2)23-10)12(3)15(22)20-14-6-4-5-13(7-14)16(17,18)19/h4-7,10-12H,8-9H2,1-3H3,(H,20,22). The summed E-state index contributed by atoms with van der Waals surface area (Å²) in [6.07, 6.45) is -4.40. The average molecular weight is 330 g/mol. The van der Waals surface area contributed by atoms with Crippen LogP contribution >= 0.6 is 0 Å². The second kappa shape index (κ2) is 6.88. The van der Waals surface area contributed by atoms with Crippen molar-refractivity contribution in [1.82, 2.24) is 4.90 Å². The predicted molar refractivity (Wildman–Crippen MR) is 81.1 cm³/mol. The molecule has 0 spiro atoms. The number of carbonyl (C=O) groups is 1. The summed E-state index contributed by atoms with van der Waals surface area (Å²) in [4.78, 5) is 14.3. The van der Waals surface area contributed by atoms with Crippen molar-refractivity contribution in [3.05, 3.63) is 29.8 Å². The number of alkyl halides is 3. The van der Waals surface area contributed by atoms with Crippen LogP contribution in [0, 0.1) is 0 Å². The van der Waals surface area contributed by atoms with E-state index in [2.05, 4.69) is 5.32 Å². The molecule has 3 atom stereocenters. The molecule has 1 N–H and O–H groups in total. The van der Waals surface area contributed by atoms with E-state index in [0.717, 1.165) is 12.1 Å². The molecule has 4 nitrogen and oxygen atoms in total. The van der Waals surface area contributed by atoms with Gasteiger partial charge in [-0.1, -0.05) is 6.07 Å². The maximum Gasteiger partial charge on any atom is 0.416 e. The quantitative estimate of drug-likeness (QED) is 0.926. The third-order valence-electron chi connectivity index (χ3n) is 3.83. The van der Waals surface area contributed by atoms with Gasteiger partial charge in [0.15, 0.2) is 0 Å². The van der Waals surface area contributed by atoms with Crippen molar-refractivity contribution in [2.24, 2.45) is 0 Å². The van der Waals surface area contributed by atoms with Crippen molar-refractivity contribution in [1.29, 1.82) is 0 Å². The molecule has 1 fully saturated rings. The molecule has 23 heavy (non-hydrogen) atoms. The van der Waals surface area contributed by atoms with Crippen LogP contribution in [-0.4, -0.2) is 42.1 Å². The van der Waals surface area contributed by atoms with Crippen LogP contribution in [0.4, 0.5) is 18.9 Å². The Morgan fingerprint density at radius 2 is 1.91 bits per heavy atom. The molecule has 1 aromatic rings. The van der Waals surface area contributed by atoms with Gasteiger partial charge in [0, 0.05) is 18.8 Å². The Balaban J connectivity index is 2.04. The molecule has 1 aliphatic rings. The van der Waals surface area contributed by atoms with Crippen molar-refractivity contribution in [2.75, 3.05) is 18.4 Å². The number of benzene rings is 1. The summed E-state index contributed by atoms with van der Waals surface area (Å²) < 4.78 is 43.7. The first-order valence-corrected chi connectivity index (χ1v) is 7.54. The van der Waals surface area contributed by atoms with Crippen molar-refractivity contribution < 1.29 is 22.7 Å². The van der Waals surface area contributed by atoms with Gasteiger partial charge >= 0.3 is 6.18 Å². The van der Waals surface area contributed by atoms with Gasteiger partial charge in [-0.3, -0.25) is 9.69 Å². The normalized spacial score (nSPS) is 24.3. The number of ether oxygens (including phenoxy) is 1. The van der Waals surface area contributed by atoms with Gasteiger partial charge in [0.05, 0.1) is 23.8 Å². The largest absolute Gasteiger partial charge is 0.416 e. The minimum Gasteiger partial charge on any atom is -0.373 e. The summed E-state index contributed by atoms with van der Waals surface area (Å²) in [5.74, 6) is -0.328. The van der Waals surface area contributed by atoms with Gasteiger partial charge in [0.1, 0.15) is 0 Å². The molecule has 0 aliphatic carbocycles. The molecule has 1 heterocycles. The van der Waals surface area contributed by atoms with Crippen LogP contribution in [0.3, 0.4) is 0 Å². The zero-order valence-corrected chi connectivity index (χ0v) is 13.4. The second-order valence-electron chi connectivity index (χ2n) is 5.96. The SMILES string of the molecule is CC1CN(C(C)C(=O)Nc2cccc(C(F)(F)F)c2)CC(C)O1. The second-order valence-corrected chi connectivity index (χ2v) is 5.96. The first kappa shape index (κ1) is 17.7. The van der Waals surface area contributed by atoms with Crippen LogP contribution < -0.4 is 5.32 Å². The Morgan fingerprint density at radius 1 is 1.30 bits per heavy atom. The van der Waals surface area contributed by atoms with Gasteiger partial charge in [-0.05, 0) is 39.0 Å². The first-order chi connectivity index (χ1) is 10.7. The summed E-state index contributed by atoms with van der Waals surface area (Å²) in [6.45, 7) is 6.83. The van der Waals surface area contributed by atoms with E-state index in [0.29, 0.717) is 13.1 Å². The lowest BCUT2D eigenvalue weighted by atomic mass is 10.1. The highest BCUT2D eigenvalue weighted by Crippen LogP contribution is 2.30. The zero-order chi connectivity index (χ0) is 17.2. The van der Waals surface area contributed by atoms with E-state index >= 15 is 0 Å². The molecule has 1 saturated heterocycles. The monoisotopic (exact) mass is 330 g/mol. The van der Waals surface area contributed by atoms with E-state index in [9.17, 15) is 18.0 Å². The number of nitrogens with zero attached hydrogens (tertiary/aromatic N) is 1. The van der Waals surface area contributed by atoms with E-state index < -0.39 is 17.8 Å². The van der Waals surface area contributed by atoms with Gasteiger partial charge in [-0.15, -0.1) is 0 Å². The number of rotatable bonds is 3. The van der Waals surface area contributed by atoms with Gasteiger partial charge in [0.25, 0.3) is 0 Å². The van der Waals surface area contributed by atoms with Gasteiger partial charge in [0.2, 0.25) is 5.91 Å². The first-order valence-electron chi connectivity index (χ1n) is 7.54. The van der Waals surface area contributed by atoms with E-state index in [4.69, 9.17) is 4.74 Å². The molecule has 1 aliphatic heterocycles. The zero-order valence-electron chi connectivity index (χ0n) is 13.4. The summed E-state index contributed by atoms with van der Waals surface area (Å²) in [5.41, 5.74) is -0.636. The molecule has 0 aromatic heterocycles. The minimum absolute atomic E-state index is 0.0163. The maximum absolute atomic E-state index is 12.7. The van der Waals surface area contributed by atoms with Gasteiger partial charge in [-0.2, -0.15) is 13.2 Å². The Kier molecular flexibility index (Phi) is 5.31. The fraction of sp³-hybridized carbons (Fsp3) is 0.562. The van der Waals surface area contributed by atoms with Crippen molar-refractivity contribution in [3.8, 4) is 0 Å². The maximum atomic E-state index is 12.7. The number of anilines is 1. The Morgan fingerprint density at radius 3 is 2.48 bits per heavy atom. The molecular weight excluding hydrogens is 309 g/mol. The number of hydrogen-bond donors (Lipinski definition) is 1. The number of halogens is 3. The fourth-order valence-corrected chi connectivity index (χ4v) is 2.72. The number of amides is 1. The van der Waals surface area contributed by atoms with Crippen LogP contribution in [0.2, 0.25) is 0 Å². The summed E-state index contributed by atoms with van der Waals surface area (Å²) in [7, 11) is 0. The highest BCUT2D eigenvalue weighted by Gasteiger charge is 2.31. The Bertz CT molecular complexity index is 553. The van der Waals surface area contributed by atoms with Crippen molar-refractivity contribution >= 4 is 11.6 Å². The van der Waals surface area contributed by atoms with Crippen LogP contribution in [0.5, 0.6) is 0 Å². The van der Waals surface area contributed by atoms with Crippen LogP contribution in [-0.2, 0) is 15.7 Å². The lowest BCUT2D eigenvalue weighted by Gasteiger charge is -2.38. The lowest BCUT2D eigenvalue weighted by molar-refractivity contribution is -0.137. The van der Waals surface area contributed by atoms with E-state index in [1.54, 1.807) is 6.92 Å². The molecular formula is C16H21F3N2O2. The number of nitrogens with one attached hydrogen (secondary N) is 1. The van der Waals surface area contributed by atoms with E-state index in [1.807, 2.05) is 18.7 Å². The summed E-state index contributed by atoms with van der Waals surface area (Å²) in [5, 5.41) is 2.56. The third-order valence-corrected chi connectivity index (χ3v) is 3.83. The Hall–Kier alpha value is -1.60. The number of carbonyl (C=O) groups excluding carboxylic acids is 1. The Labute approximate surface area is 133 Å². The van der Waals surface area contributed by atoms with Crippen LogP contribution in [0.25, 0.3) is 0 Å². The molecule has 1 amide bonds. The fourth-order valence-electron chi connectivity index (χ4n) is 2.72. The summed E-state index contributed by atoms with van der Waals surface area (Å²) >= 11 is 0. The molecule has 7 heteroatoms. The average Bonchev–Trinajstić information content (AvgIpc) is 2.44. The smallest absolute Gasteiger partial charge is 0.373 e. The van der Waals surface area contributed by atoms with Gasteiger partial charge < -0.3 is 10.1 Å². The molecule has 128 valence electrons. The lowest BCUT2D eigenvalue weighted by Crippen LogP contribution is -2.52. The molecule has 3 unspecified atom stereocenters. The summed E-state index contributed by atoms with van der Waals surface area (Å²) in [6, 6.07) is 4.20. The highest BCUT2D eigenvalue weighted by atomic mass is 19.4. The highest BCUT2D eigenvalue weighted by molar-refractivity contribution is 5.94. The van der Waals surface area contributed by atoms with Crippen LogP contribution in [0.1, 0.15) is 26.3 Å². The minimum atomic E-state index is -4.43. The van der Waals surface area contributed by atoms with Crippen LogP contribution in [0.15, 0.2) is 24.3 Å². The number of hydrogen-bond acceptors (Lipinski definition) is 3. The number of morpholine rings is 1.